The SMILES string of the molecule is CCCCNC(=O)C1CCC(C)N(C(=O)COc2ccc(C#N)cc2OC)C1. The van der Waals surface area contributed by atoms with E-state index >= 15 is 0 Å². The second kappa shape index (κ2) is 10.5. The van der Waals surface area contributed by atoms with Gasteiger partial charge in [-0.2, -0.15) is 5.26 Å². The molecule has 152 valence electrons. The van der Waals surface area contributed by atoms with Gasteiger partial charge < -0.3 is 19.7 Å². The Morgan fingerprint density at radius 3 is 2.79 bits per heavy atom. The molecule has 2 rings (SSSR count). The molecule has 1 fully saturated rings. The van der Waals surface area contributed by atoms with Crippen molar-refractivity contribution in [2.45, 2.75) is 45.6 Å². The first-order valence-electron chi connectivity index (χ1n) is 9.78. The molecule has 1 aliphatic heterocycles. The van der Waals surface area contributed by atoms with Crippen LogP contribution in [0.1, 0.15) is 45.1 Å². The molecule has 1 saturated heterocycles. The molecular weight excluding hydrogens is 358 g/mol. The van der Waals surface area contributed by atoms with Crippen LogP contribution in [-0.4, -0.2) is 49.6 Å². The van der Waals surface area contributed by atoms with E-state index < -0.39 is 0 Å². The van der Waals surface area contributed by atoms with E-state index in [1.165, 1.54) is 7.11 Å². The van der Waals surface area contributed by atoms with Gasteiger partial charge in [0.1, 0.15) is 0 Å². The summed E-state index contributed by atoms with van der Waals surface area (Å²) in [5.41, 5.74) is 0.456. The van der Waals surface area contributed by atoms with Gasteiger partial charge in [-0.3, -0.25) is 9.59 Å². The number of amides is 2. The molecular formula is C21H29N3O4. The van der Waals surface area contributed by atoms with Crippen molar-refractivity contribution < 1.29 is 19.1 Å². The fraction of sp³-hybridized carbons (Fsp3) is 0.571. The first-order chi connectivity index (χ1) is 13.5. The topological polar surface area (TPSA) is 91.7 Å². The molecule has 1 aliphatic rings. The van der Waals surface area contributed by atoms with Crippen molar-refractivity contribution in [3.8, 4) is 17.6 Å². The van der Waals surface area contributed by atoms with Crippen LogP contribution in [0, 0.1) is 17.2 Å². The minimum absolute atomic E-state index is 0.0211. The zero-order valence-electron chi connectivity index (χ0n) is 16.9. The van der Waals surface area contributed by atoms with Crippen molar-refractivity contribution in [3.05, 3.63) is 23.8 Å². The Balaban J connectivity index is 1.95. The molecule has 1 heterocycles. The number of nitriles is 1. The van der Waals surface area contributed by atoms with Crippen molar-refractivity contribution in [1.82, 2.24) is 10.2 Å². The van der Waals surface area contributed by atoms with E-state index in [4.69, 9.17) is 14.7 Å². The molecule has 2 atom stereocenters. The molecule has 1 N–H and O–H groups in total. The van der Waals surface area contributed by atoms with Gasteiger partial charge in [-0.15, -0.1) is 0 Å². The Bertz CT molecular complexity index is 729. The van der Waals surface area contributed by atoms with Crippen molar-refractivity contribution in [2.75, 3.05) is 26.8 Å². The molecule has 0 aromatic heterocycles. The number of piperidine rings is 1. The maximum absolute atomic E-state index is 12.7. The van der Waals surface area contributed by atoms with Gasteiger partial charge in [0.15, 0.2) is 18.1 Å². The number of carbonyl (C=O) groups excluding carboxylic acids is 2. The van der Waals surface area contributed by atoms with Gasteiger partial charge in [-0.25, -0.2) is 0 Å². The van der Waals surface area contributed by atoms with E-state index in [0.717, 1.165) is 25.7 Å². The van der Waals surface area contributed by atoms with Crippen LogP contribution in [0.5, 0.6) is 11.5 Å². The first kappa shape index (κ1) is 21.5. The average Bonchev–Trinajstić information content (AvgIpc) is 2.72. The monoisotopic (exact) mass is 387 g/mol. The van der Waals surface area contributed by atoms with Crippen LogP contribution in [0.2, 0.25) is 0 Å². The quantitative estimate of drug-likeness (QED) is 0.692. The molecule has 0 aliphatic carbocycles. The molecule has 2 unspecified atom stereocenters. The Morgan fingerprint density at radius 2 is 2.11 bits per heavy atom. The number of carbonyl (C=O) groups is 2. The molecule has 1 aromatic rings. The summed E-state index contributed by atoms with van der Waals surface area (Å²) in [4.78, 5) is 26.8. The molecule has 7 nitrogen and oxygen atoms in total. The largest absolute Gasteiger partial charge is 0.493 e. The number of unbranched alkanes of at least 4 members (excludes halogenated alkanes) is 1. The summed E-state index contributed by atoms with van der Waals surface area (Å²) >= 11 is 0. The lowest BCUT2D eigenvalue weighted by Crippen LogP contribution is -2.50. The lowest BCUT2D eigenvalue weighted by Gasteiger charge is -2.37. The highest BCUT2D eigenvalue weighted by atomic mass is 16.5. The third-order valence-corrected chi connectivity index (χ3v) is 5.05. The first-order valence-corrected chi connectivity index (χ1v) is 9.78. The van der Waals surface area contributed by atoms with Gasteiger partial charge in [0.2, 0.25) is 5.91 Å². The van der Waals surface area contributed by atoms with Crippen molar-refractivity contribution in [3.63, 3.8) is 0 Å². The van der Waals surface area contributed by atoms with Crippen molar-refractivity contribution >= 4 is 11.8 Å². The van der Waals surface area contributed by atoms with E-state index in [9.17, 15) is 9.59 Å². The van der Waals surface area contributed by atoms with E-state index in [2.05, 4.69) is 12.2 Å². The van der Waals surface area contributed by atoms with Gasteiger partial charge in [0.05, 0.1) is 24.7 Å². The molecule has 0 saturated carbocycles. The number of rotatable bonds is 8. The number of benzene rings is 1. The lowest BCUT2D eigenvalue weighted by molar-refractivity contribution is -0.140. The zero-order valence-corrected chi connectivity index (χ0v) is 16.9. The van der Waals surface area contributed by atoms with Crippen LogP contribution in [0.15, 0.2) is 18.2 Å². The summed E-state index contributed by atoms with van der Waals surface area (Å²) in [5, 5.41) is 11.9. The summed E-state index contributed by atoms with van der Waals surface area (Å²) < 4.78 is 10.9. The third-order valence-electron chi connectivity index (χ3n) is 5.05. The molecule has 0 spiro atoms. The summed E-state index contributed by atoms with van der Waals surface area (Å²) in [6.45, 7) is 5.02. The average molecular weight is 387 g/mol. The predicted octanol–water partition coefficient (Wildman–Crippen LogP) is 2.49. The maximum Gasteiger partial charge on any atom is 0.260 e. The molecule has 7 heteroatoms. The van der Waals surface area contributed by atoms with Crippen LogP contribution in [0.4, 0.5) is 0 Å². The van der Waals surface area contributed by atoms with Crippen LogP contribution in [0.3, 0.4) is 0 Å². The normalized spacial score (nSPS) is 18.9. The molecule has 2 amide bonds. The zero-order chi connectivity index (χ0) is 20.5. The van der Waals surface area contributed by atoms with Gasteiger partial charge in [0.25, 0.3) is 5.91 Å². The third kappa shape index (κ3) is 5.62. The predicted molar refractivity (Wildman–Crippen MR) is 105 cm³/mol. The molecule has 0 bridgehead atoms. The van der Waals surface area contributed by atoms with Gasteiger partial charge in [-0.1, -0.05) is 13.3 Å². The van der Waals surface area contributed by atoms with Crippen LogP contribution in [0.25, 0.3) is 0 Å². The Labute approximate surface area is 166 Å². The van der Waals surface area contributed by atoms with Gasteiger partial charge in [0, 0.05) is 25.2 Å². The number of hydrogen-bond donors (Lipinski definition) is 1. The van der Waals surface area contributed by atoms with Gasteiger partial charge >= 0.3 is 0 Å². The van der Waals surface area contributed by atoms with Crippen LogP contribution in [-0.2, 0) is 9.59 Å². The molecule has 0 radical (unpaired) electrons. The van der Waals surface area contributed by atoms with E-state index in [1.54, 1.807) is 23.1 Å². The van der Waals surface area contributed by atoms with Crippen molar-refractivity contribution in [2.24, 2.45) is 5.92 Å². The fourth-order valence-electron chi connectivity index (χ4n) is 3.28. The van der Waals surface area contributed by atoms with E-state index in [-0.39, 0.29) is 30.4 Å². The highest BCUT2D eigenvalue weighted by Crippen LogP contribution is 2.28. The maximum atomic E-state index is 12.7. The summed E-state index contributed by atoms with van der Waals surface area (Å²) in [5.74, 6) is 0.499. The summed E-state index contributed by atoms with van der Waals surface area (Å²) in [6, 6.07) is 6.91. The van der Waals surface area contributed by atoms with Crippen LogP contribution >= 0.6 is 0 Å². The minimum Gasteiger partial charge on any atom is -0.493 e. The highest BCUT2D eigenvalue weighted by molar-refractivity contribution is 5.82. The minimum atomic E-state index is -0.179. The Hall–Kier alpha value is -2.75. The highest BCUT2D eigenvalue weighted by Gasteiger charge is 2.32. The Morgan fingerprint density at radius 1 is 1.32 bits per heavy atom. The number of likely N-dealkylation sites (tertiary alicyclic amines) is 1. The summed E-state index contributed by atoms with van der Waals surface area (Å²) in [6.07, 6.45) is 3.56. The molecule has 1 aromatic carbocycles. The lowest BCUT2D eigenvalue weighted by atomic mass is 9.92. The number of nitrogens with zero attached hydrogens (tertiary/aromatic N) is 2. The molecule has 28 heavy (non-hydrogen) atoms. The van der Waals surface area contributed by atoms with Crippen molar-refractivity contribution in [1.29, 1.82) is 5.26 Å². The second-order valence-electron chi connectivity index (χ2n) is 7.08. The smallest absolute Gasteiger partial charge is 0.260 e. The second-order valence-corrected chi connectivity index (χ2v) is 7.08. The number of ether oxygens (including phenoxy) is 2. The standard InChI is InChI=1S/C21H29N3O4/c1-4-5-10-23-21(26)17-8-6-15(2)24(13-17)20(25)14-28-18-9-7-16(12-22)11-19(18)27-3/h7,9,11,15,17H,4-6,8,10,13-14H2,1-3H3,(H,23,26). The summed E-state index contributed by atoms with van der Waals surface area (Å²) in [7, 11) is 1.49. The van der Waals surface area contributed by atoms with E-state index in [0.29, 0.717) is 30.2 Å². The Kier molecular flexibility index (Phi) is 8.12. The van der Waals surface area contributed by atoms with Gasteiger partial charge in [-0.05, 0) is 38.3 Å². The number of nitrogens with one attached hydrogen (secondary N) is 1. The number of hydrogen-bond acceptors (Lipinski definition) is 5. The van der Waals surface area contributed by atoms with E-state index in [1.807, 2.05) is 13.0 Å². The number of methoxy groups -OCH3 is 1. The van der Waals surface area contributed by atoms with Crippen LogP contribution < -0.4 is 14.8 Å². The fourth-order valence-corrected chi connectivity index (χ4v) is 3.28.